The maximum Gasteiger partial charge on any atom is 0.321 e. The fourth-order valence-electron chi connectivity index (χ4n) is 1.47. The number of nitrogens with one attached hydrogen (secondary N) is 1. The molecule has 0 saturated carbocycles. The van der Waals surface area contributed by atoms with Gasteiger partial charge in [-0.2, -0.15) is 11.8 Å². The second kappa shape index (κ2) is 8.27. The number of thioether (sulfide) groups is 1. The monoisotopic (exact) mass is 301 g/mol. The Morgan fingerprint density at radius 1 is 1.63 bits per heavy atom. The van der Waals surface area contributed by atoms with Gasteiger partial charge in [0, 0.05) is 19.3 Å². The van der Waals surface area contributed by atoms with Crippen LogP contribution in [0.3, 0.4) is 0 Å². The molecule has 0 saturated heterocycles. The molecule has 1 heterocycles. The Morgan fingerprint density at radius 2 is 2.37 bits per heavy atom. The molecule has 0 unspecified atom stereocenters. The van der Waals surface area contributed by atoms with Crippen molar-refractivity contribution in [3.63, 3.8) is 0 Å². The fraction of sp³-hybridized carbons (Fsp3) is 0.538. The second-order valence-electron chi connectivity index (χ2n) is 4.22. The van der Waals surface area contributed by atoms with E-state index in [0.717, 1.165) is 17.9 Å². The third-order valence-corrected chi connectivity index (χ3v) is 4.10. The first-order valence-corrected chi connectivity index (χ1v) is 7.81. The van der Waals surface area contributed by atoms with Crippen molar-refractivity contribution in [2.45, 2.75) is 26.3 Å². The Bertz CT molecular complexity index is 417. The summed E-state index contributed by atoms with van der Waals surface area (Å²) < 4.78 is 0. The maximum atomic E-state index is 12.1. The Labute approximate surface area is 123 Å². The lowest BCUT2D eigenvalue weighted by atomic mass is 10.2. The van der Waals surface area contributed by atoms with Gasteiger partial charge in [-0.3, -0.25) is 0 Å². The van der Waals surface area contributed by atoms with Crippen molar-refractivity contribution in [2.24, 2.45) is 0 Å². The van der Waals surface area contributed by atoms with Crippen LogP contribution in [0.4, 0.5) is 10.5 Å². The van der Waals surface area contributed by atoms with E-state index in [9.17, 15) is 4.79 Å². The van der Waals surface area contributed by atoms with E-state index in [0.29, 0.717) is 10.8 Å². The minimum atomic E-state index is -0.163. The predicted octanol–water partition coefficient (Wildman–Crippen LogP) is 3.73. The van der Waals surface area contributed by atoms with Crippen LogP contribution in [0.1, 0.15) is 20.3 Å². The summed E-state index contributed by atoms with van der Waals surface area (Å²) in [4.78, 5) is 17.7. The number of anilines is 1. The van der Waals surface area contributed by atoms with Crippen molar-refractivity contribution in [3.05, 3.63) is 23.5 Å². The smallest absolute Gasteiger partial charge is 0.321 e. The Balaban J connectivity index is 2.50. The Hall–Kier alpha value is -0.940. The lowest BCUT2D eigenvalue weighted by molar-refractivity contribution is 0.207. The van der Waals surface area contributed by atoms with Gasteiger partial charge in [-0.25, -0.2) is 9.78 Å². The molecule has 0 spiro atoms. The van der Waals surface area contributed by atoms with Crippen LogP contribution >= 0.6 is 23.4 Å². The SMILES string of the molecule is CCSCC[C@@H](C)N(C)C(=O)Nc1cccnc1Cl. The lowest BCUT2D eigenvalue weighted by Crippen LogP contribution is -2.38. The van der Waals surface area contributed by atoms with Crippen LogP contribution in [-0.2, 0) is 0 Å². The number of carbonyl (C=O) groups excluding carboxylic acids is 1. The van der Waals surface area contributed by atoms with Gasteiger partial charge >= 0.3 is 6.03 Å². The maximum absolute atomic E-state index is 12.1. The molecule has 1 N–H and O–H groups in total. The molecule has 4 nitrogen and oxygen atoms in total. The molecule has 1 aromatic heterocycles. The van der Waals surface area contributed by atoms with Gasteiger partial charge in [0.15, 0.2) is 5.15 Å². The average Bonchev–Trinajstić information content (AvgIpc) is 2.40. The summed E-state index contributed by atoms with van der Waals surface area (Å²) in [7, 11) is 1.79. The van der Waals surface area contributed by atoms with E-state index >= 15 is 0 Å². The molecule has 0 aliphatic heterocycles. The van der Waals surface area contributed by atoms with Crippen molar-refractivity contribution in [3.8, 4) is 0 Å². The van der Waals surface area contributed by atoms with E-state index in [1.54, 1.807) is 30.3 Å². The van der Waals surface area contributed by atoms with Gasteiger partial charge in [0.1, 0.15) is 0 Å². The number of amides is 2. The van der Waals surface area contributed by atoms with Crippen molar-refractivity contribution in [1.29, 1.82) is 0 Å². The summed E-state index contributed by atoms with van der Waals surface area (Å²) in [6, 6.07) is 3.50. The Kier molecular flexibility index (Phi) is 7.02. The molecule has 0 aliphatic rings. The molecule has 0 bridgehead atoms. The molecule has 2 amide bonds. The highest BCUT2D eigenvalue weighted by atomic mass is 35.5. The van der Waals surface area contributed by atoms with Crippen molar-refractivity contribution < 1.29 is 4.79 Å². The number of rotatable bonds is 6. The molecule has 1 rings (SSSR count). The number of halogens is 1. The van der Waals surface area contributed by atoms with E-state index in [4.69, 9.17) is 11.6 Å². The third kappa shape index (κ3) is 5.28. The molecular weight excluding hydrogens is 282 g/mol. The first-order chi connectivity index (χ1) is 9.06. The average molecular weight is 302 g/mol. The zero-order chi connectivity index (χ0) is 14.3. The number of urea groups is 1. The van der Waals surface area contributed by atoms with Crippen LogP contribution in [0.25, 0.3) is 0 Å². The van der Waals surface area contributed by atoms with Crippen LogP contribution in [0.2, 0.25) is 5.15 Å². The molecule has 1 atom stereocenters. The quantitative estimate of drug-likeness (QED) is 0.643. The molecule has 0 fully saturated rings. The molecule has 0 aliphatic carbocycles. The Morgan fingerprint density at radius 3 is 3.00 bits per heavy atom. The van der Waals surface area contributed by atoms with Crippen molar-refractivity contribution in [2.75, 3.05) is 23.9 Å². The standard InChI is InChI=1S/C13H20ClN3OS/c1-4-19-9-7-10(2)17(3)13(18)16-11-6-5-8-15-12(11)14/h5-6,8,10H,4,7,9H2,1-3H3,(H,16,18)/t10-/m1/s1. The van der Waals surface area contributed by atoms with E-state index in [-0.39, 0.29) is 12.1 Å². The molecule has 106 valence electrons. The van der Waals surface area contributed by atoms with Crippen LogP contribution in [-0.4, -0.2) is 40.5 Å². The van der Waals surface area contributed by atoms with Gasteiger partial charge in [0.05, 0.1) is 5.69 Å². The normalized spacial score (nSPS) is 12.0. The van der Waals surface area contributed by atoms with Gasteiger partial charge in [-0.05, 0) is 37.0 Å². The number of nitrogens with zero attached hydrogens (tertiary/aromatic N) is 2. The van der Waals surface area contributed by atoms with E-state index < -0.39 is 0 Å². The number of aromatic nitrogens is 1. The van der Waals surface area contributed by atoms with Crippen LogP contribution in [0, 0.1) is 0 Å². The summed E-state index contributed by atoms with van der Waals surface area (Å²) >= 11 is 7.79. The number of hydrogen-bond donors (Lipinski definition) is 1. The summed E-state index contributed by atoms with van der Waals surface area (Å²) in [5.74, 6) is 2.16. The number of carbonyl (C=O) groups is 1. The molecule has 1 aromatic rings. The van der Waals surface area contributed by atoms with Gasteiger partial charge in [-0.15, -0.1) is 0 Å². The summed E-state index contributed by atoms with van der Waals surface area (Å²) in [6.07, 6.45) is 2.56. The minimum absolute atomic E-state index is 0.163. The fourth-order valence-corrected chi connectivity index (χ4v) is 2.44. The zero-order valence-corrected chi connectivity index (χ0v) is 13.1. The third-order valence-electron chi connectivity index (χ3n) is 2.87. The van der Waals surface area contributed by atoms with Crippen molar-refractivity contribution >= 4 is 35.1 Å². The molecule has 6 heteroatoms. The number of hydrogen-bond acceptors (Lipinski definition) is 3. The second-order valence-corrected chi connectivity index (χ2v) is 5.97. The summed E-state index contributed by atoms with van der Waals surface area (Å²) in [5, 5.41) is 3.07. The largest absolute Gasteiger partial charge is 0.325 e. The minimum Gasteiger partial charge on any atom is -0.325 e. The highest BCUT2D eigenvalue weighted by Crippen LogP contribution is 2.18. The van der Waals surface area contributed by atoms with E-state index in [1.807, 2.05) is 18.7 Å². The van der Waals surface area contributed by atoms with Gasteiger partial charge < -0.3 is 10.2 Å². The molecule has 19 heavy (non-hydrogen) atoms. The lowest BCUT2D eigenvalue weighted by Gasteiger charge is -2.25. The first-order valence-electron chi connectivity index (χ1n) is 6.28. The highest BCUT2D eigenvalue weighted by Gasteiger charge is 2.16. The van der Waals surface area contributed by atoms with Gasteiger partial charge in [0.25, 0.3) is 0 Å². The topological polar surface area (TPSA) is 45.2 Å². The van der Waals surface area contributed by atoms with E-state index in [2.05, 4.69) is 17.2 Å². The van der Waals surface area contributed by atoms with Crippen LogP contribution in [0.5, 0.6) is 0 Å². The van der Waals surface area contributed by atoms with Crippen LogP contribution < -0.4 is 5.32 Å². The van der Waals surface area contributed by atoms with Crippen LogP contribution in [0.15, 0.2) is 18.3 Å². The molecular formula is C13H20ClN3OS. The van der Waals surface area contributed by atoms with E-state index in [1.165, 1.54) is 0 Å². The van der Waals surface area contributed by atoms with Gasteiger partial charge in [0.2, 0.25) is 0 Å². The molecule has 0 radical (unpaired) electrons. The highest BCUT2D eigenvalue weighted by molar-refractivity contribution is 7.99. The van der Waals surface area contributed by atoms with Crippen molar-refractivity contribution in [1.82, 2.24) is 9.88 Å². The molecule has 0 aromatic carbocycles. The summed E-state index contributed by atoms with van der Waals surface area (Å²) in [5.41, 5.74) is 0.538. The first kappa shape index (κ1) is 16.1. The predicted molar refractivity (Wildman–Crippen MR) is 83.1 cm³/mol. The number of pyridine rings is 1. The summed E-state index contributed by atoms with van der Waals surface area (Å²) in [6.45, 7) is 4.18. The van der Waals surface area contributed by atoms with Gasteiger partial charge in [-0.1, -0.05) is 18.5 Å². The zero-order valence-electron chi connectivity index (χ0n) is 11.5.